The van der Waals surface area contributed by atoms with E-state index in [1.54, 1.807) is 22.8 Å². The minimum absolute atomic E-state index is 0.00190. The molecule has 0 bridgehead atoms. The molecule has 1 amide bonds. The number of carbonyl (C=O) groups is 1. The highest BCUT2D eigenvalue weighted by molar-refractivity contribution is 5.97. The minimum atomic E-state index is -0.152. The van der Waals surface area contributed by atoms with Crippen molar-refractivity contribution in [1.29, 1.82) is 0 Å². The fraction of sp³-hybridized carbons (Fsp3) is 0.423. The molecule has 6 heteroatoms. The van der Waals surface area contributed by atoms with Gasteiger partial charge in [-0.1, -0.05) is 37.6 Å². The molecule has 0 saturated heterocycles. The van der Waals surface area contributed by atoms with Crippen LogP contribution < -0.4 is 10.9 Å². The molecule has 1 aliphatic heterocycles. The summed E-state index contributed by atoms with van der Waals surface area (Å²) in [4.78, 5) is 32.7. The van der Waals surface area contributed by atoms with Crippen LogP contribution in [0.4, 0.5) is 0 Å². The molecule has 4 rings (SSSR count). The molecule has 2 aromatic carbocycles. The zero-order valence-electron chi connectivity index (χ0n) is 19.2. The molecule has 0 aliphatic carbocycles. The van der Waals surface area contributed by atoms with E-state index in [4.69, 9.17) is 4.98 Å². The van der Waals surface area contributed by atoms with Gasteiger partial charge in [0, 0.05) is 25.1 Å². The van der Waals surface area contributed by atoms with Gasteiger partial charge in [0.15, 0.2) is 0 Å². The highest BCUT2D eigenvalue weighted by Crippen LogP contribution is 2.20. The summed E-state index contributed by atoms with van der Waals surface area (Å²) in [6, 6.07) is 13.8. The van der Waals surface area contributed by atoms with Crippen LogP contribution in [0.1, 0.15) is 59.5 Å². The summed E-state index contributed by atoms with van der Waals surface area (Å²) < 4.78 is 1.81. The Morgan fingerprint density at radius 3 is 2.62 bits per heavy atom. The fourth-order valence-electron chi connectivity index (χ4n) is 4.43. The average molecular weight is 433 g/mol. The number of carbonyl (C=O) groups excluding carboxylic acids is 1. The van der Waals surface area contributed by atoms with Crippen molar-refractivity contribution < 1.29 is 4.79 Å². The number of nitrogens with zero attached hydrogens (tertiary/aromatic N) is 3. The maximum Gasteiger partial charge on any atom is 0.261 e. The van der Waals surface area contributed by atoms with E-state index in [1.807, 2.05) is 14.1 Å². The lowest BCUT2D eigenvalue weighted by molar-refractivity contribution is 0.0942. The van der Waals surface area contributed by atoms with Crippen molar-refractivity contribution in [2.75, 3.05) is 20.6 Å². The highest BCUT2D eigenvalue weighted by Gasteiger charge is 2.18. The maximum atomic E-state index is 12.9. The van der Waals surface area contributed by atoms with Crippen LogP contribution in [0, 0.1) is 0 Å². The van der Waals surface area contributed by atoms with Gasteiger partial charge in [-0.3, -0.25) is 14.2 Å². The maximum absolute atomic E-state index is 12.9. The number of likely N-dealkylation sites (N-methyl/N-ethyl adjacent to an activating group) is 1. The van der Waals surface area contributed by atoms with Crippen LogP contribution in [-0.4, -0.2) is 41.0 Å². The third-order valence-electron chi connectivity index (χ3n) is 6.43. The lowest BCUT2D eigenvalue weighted by Crippen LogP contribution is -2.34. The Labute approximate surface area is 189 Å². The predicted octanol–water partition coefficient (Wildman–Crippen LogP) is 3.72. The average Bonchev–Trinajstić information content (AvgIpc) is 3.05. The minimum Gasteiger partial charge on any atom is -0.350 e. The molecule has 1 unspecified atom stereocenters. The summed E-state index contributed by atoms with van der Waals surface area (Å²) in [5, 5.41) is 3.65. The van der Waals surface area contributed by atoms with E-state index in [1.165, 1.54) is 11.1 Å². The second kappa shape index (κ2) is 9.65. The lowest BCUT2D eigenvalue weighted by atomic mass is 10.0. The van der Waals surface area contributed by atoms with Gasteiger partial charge in [0.25, 0.3) is 11.5 Å². The van der Waals surface area contributed by atoms with Crippen LogP contribution in [0.15, 0.2) is 47.3 Å². The van der Waals surface area contributed by atoms with Crippen molar-refractivity contribution in [2.45, 2.75) is 51.6 Å². The lowest BCUT2D eigenvalue weighted by Gasteiger charge is -2.25. The number of hydrogen-bond acceptors (Lipinski definition) is 4. The van der Waals surface area contributed by atoms with Crippen LogP contribution in [0.3, 0.4) is 0 Å². The quantitative estimate of drug-likeness (QED) is 0.645. The van der Waals surface area contributed by atoms with E-state index in [0.717, 1.165) is 44.5 Å². The van der Waals surface area contributed by atoms with Crippen LogP contribution >= 0.6 is 0 Å². The van der Waals surface area contributed by atoms with E-state index in [-0.39, 0.29) is 17.5 Å². The molecule has 1 aliphatic rings. The molecule has 32 heavy (non-hydrogen) atoms. The Balaban J connectivity index is 1.54. The van der Waals surface area contributed by atoms with Gasteiger partial charge in [0.2, 0.25) is 0 Å². The molecule has 1 N–H and O–H groups in total. The molecule has 3 aromatic rings. The summed E-state index contributed by atoms with van der Waals surface area (Å²) >= 11 is 0. The van der Waals surface area contributed by atoms with Crippen LogP contribution in [-0.2, 0) is 19.4 Å². The van der Waals surface area contributed by atoms with Crippen molar-refractivity contribution >= 4 is 16.8 Å². The molecule has 168 valence electrons. The Morgan fingerprint density at radius 1 is 1.12 bits per heavy atom. The smallest absolute Gasteiger partial charge is 0.261 e. The number of nitrogens with one attached hydrogen (secondary N) is 1. The van der Waals surface area contributed by atoms with E-state index >= 15 is 0 Å². The third-order valence-corrected chi connectivity index (χ3v) is 6.43. The fourth-order valence-corrected chi connectivity index (χ4v) is 4.43. The Hall–Kier alpha value is -2.99. The van der Waals surface area contributed by atoms with Crippen LogP contribution in [0.25, 0.3) is 10.9 Å². The van der Waals surface area contributed by atoms with Crippen molar-refractivity contribution in [3.63, 3.8) is 0 Å². The van der Waals surface area contributed by atoms with Gasteiger partial charge in [-0.15, -0.1) is 0 Å². The number of aryl methyl sites for hydroxylation is 2. The summed E-state index contributed by atoms with van der Waals surface area (Å²) in [5.41, 5.74) is 3.61. The Bertz CT molecular complexity index is 1160. The standard InChI is InChI=1S/C26H32N4O2/c1-4-18-9-11-19(12-10-18)23(29(2)3)17-27-25(31)20-13-14-21-22(16-20)28-24-8-6-5-7-15-30(24)26(21)32/h9-14,16,23H,4-8,15,17H2,1-3H3,(H,27,31). The summed E-state index contributed by atoms with van der Waals surface area (Å²) in [7, 11) is 4.04. The van der Waals surface area contributed by atoms with Gasteiger partial charge in [-0.05, 0) is 62.7 Å². The summed E-state index contributed by atoms with van der Waals surface area (Å²) in [5.74, 6) is 0.682. The summed E-state index contributed by atoms with van der Waals surface area (Å²) in [6.07, 6.45) is 4.98. The van der Waals surface area contributed by atoms with E-state index in [9.17, 15) is 9.59 Å². The number of benzene rings is 2. The summed E-state index contributed by atoms with van der Waals surface area (Å²) in [6.45, 7) is 3.36. The molecule has 1 atom stereocenters. The monoisotopic (exact) mass is 432 g/mol. The first-order valence-electron chi connectivity index (χ1n) is 11.5. The SMILES string of the molecule is CCc1ccc(C(CNC(=O)c2ccc3c(=O)n4c(nc3c2)CCCCC4)N(C)C)cc1. The van der Waals surface area contributed by atoms with Crippen molar-refractivity contribution in [3.05, 3.63) is 75.3 Å². The molecule has 0 fully saturated rings. The van der Waals surface area contributed by atoms with Crippen LogP contribution in [0.5, 0.6) is 0 Å². The molecule has 1 aromatic heterocycles. The largest absolute Gasteiger partial charge is 0.350 e. The molecular weight excluding hydrogens is 400 g/mol. The predicted molar refractivity (Wildman–Crippen MR) is 128 cm³/mol. The van der Waals surface area contributed by atoms with Crippen LogP contribution in [0.2, 0.25) is 0 Å². The van der Waals surface area contributed by atoms with Gasteiger partial charge in [-0.2, -0.15) is 0 Å². The van der Waals surface area contributed by atoms with Gasteiger partial charge in [0.1, 0.15) is 5.82 Å². The molecule has 0 saturated carbocycles. The molecular formula is C26H32N4O2. The van der Waals surface area contributed by atoms with Crippen molar-refractivity contribution in [1.82, 2.24) is 19.8 Å². The van der Waals surface area contributed by atoms with Crippen molar-refractivity contribution in [3.8, 4) is 0 Å². The zero-order valence-corrected chi connectivity index (χ0v) is 19.2. The highest BCUT2D eigenvalue weighted by atomic mass is 16.1. The molecule has 6 nitrogen and oxygen atoms in total. The zero-order chi connectivity index (χ0) is 22.7. The van der Waals surface area contributed by atoms with Gasteiger partial charge in [-0.25, -0.2) is 4.98 Å². The first-order valence-corrected chi connectivity index (χ1v) is 11.5. The second-order valence-electron chi connectivity index (χ2n) is 8.81. The van der Waals surface area contributed by atoms with Gasteiger partial charge in [0.05, 0.1) is 16.9 Å². The topological polar surface area (TPSA) is 67.2 Å². The Morgan fingerprint density at radius 2 is 1.91 bits per heavy atom. The molecule has 0 spiro atoms. The van der Waals surface area contributed by atoms with Gasteiger partial charge < -0.3 is 10.2 Å². The molecule has 0 radical (unpaired) electrons. The number of aromatic nitrogens is 2. The Kier molecular flexibility index (Phi) is 6.70. The normalized spacial score (nSPS) is 14.8. The second-order valence-corrected chi connectivity index (χ2v) is 8.81. The number of fused-ring (bicyclic) bond motifs is 2. The van der Waals surface area contributed by atoms with Gasteiger partial charge >= 0.3 is 0 Å². The first kappa shape index (κ1) is 22.2. The number of hydrogen-bond donors (Lipinski definition) is 1. The van der Waals surface area contributed by atoms with E-state index in [2.05, 4.69) is 41.4 Å². The van der Waals surface area contributed by atoms with E-state index in [0.29, 0.717) is 23.0 Å². The third kappa shape index (κ3) is 4.60. The molecule has 2 heterocycles. The first-order chi connectivity index (χ1) is 15.5. The van der Waals surface area contributed by atoms with Crippen molar-refractivity contribution in [2.24, 2.45) is 0 Å². The number of rotatable bonds is 6. The van der Waals surface area contributed by atoms with E-state index < -0.39 is 0 Å². The number of amides is 1.